The average molecular weight is 356 g/mol. The Bertz CT molecular complexity index is 767. The van der Waals surface area contributed by atoms with Crippen LogP contribution in [0.1, 0.15) is 13.3 Å². The molecule has 0 bridgehead atoms. The standard InChI is InChI=1S/C17H14BrN3O/c1-3-11(10-19)7-12(4-2)15-9-17(22)21-16-8-13(18)5-6-14(16)20-15/h3-8H,1,9H2,2H3,(H,21,22)/b11-7+,12-4+. The first kappa shape index (κ1) is 15.9. The summed E-state index contributed by atoms with van der Waals surface area (Å²) in [6.45, 7) is 5.45. The summed E-state index contributed by atoms with van der Waals surface area (Å²) in [6, 6.07) is 7.57. The average Bonchev–Trinajstić information content (AvgIpc) is 2.66. The molecule has 1 aliphatic heterocycles. The van der Waals surface area contributed by atoms with E-state index >= 15 is 0 Å². The minimum Gasteiger partial charge on any atom is -0.324 e. The van der Waals surface area contributed by atoms with Gasteiger partial charge < -0.3 is 5.32 Å². The number of nitrogens with one attached hydrogen (secondary N) is 1. The van der Waals surface area contributed by atoms with Crippen LogP contribution in [0.2, 0.25) is 0 Å². The van der Waals surface area contributed by atoms with Gasteiger partial charge in [-0.05, 0) is 36.8 Å². The molecule has 2 rings (SSSR count). The van der Waals surface area contributed by atoms with Gasteiger partial charge in [-0.15, -0.1) is 0 Å². The SMILES string of the molecule is C=C/C(C#N)=C\C(=C/C)C1=Nc2ccc(Br)cc2NC(=O)C1. The summed E-state index contributed by atoms with van der Waals surface area (Å²) < 4.78 is 0.870. The van der Waals surface area contributed by atoms with E-state index in [-0.39, 0.29) is 12.3 Å². The van der Waals surface area contributed by atoms with Crippen molar-refractivity contribution in [3.63, 3.8) is 0 Å². The summed E-state index contributed by atoms with van der Waals surface area (Å²) in [6.07, 6.45) is 5.14. The Kier molecular flexibility index (Phi) is 5.08. The number of anilines is 1. The monoisotopic (exact) mass is 355 g/mol. The summed E-state index contributed by atoms with van der Waals surface area (Å²) in [5.41, 5.74) is 3.14. The maximum atomic E-state index is 12.1. The molecule has 4 nitrogen and oxygen atoms in total. The molecule has 1 aromatic rings. The molecule has 0 saturated carbocycles. The summed E-state index contributed by atoms with van der Waals surface area (Å²) in [7, 11) is 0. The van der Waals surface area contributed by atoms with Crippen molar-refractivity contribution in [2.75, 3.05) is 5.32 Å². The zero-order valence-electron chi connectivity index (χ0n) is 12.1. The normalized spacial score (nSPS) is 15.1. The van der Waals surface area contributed by atoms with E-state index in [4.69, 9.17) is 5.26 Å². The van der Waals surface area contributed by atoms with Gasteiger partial charge in [-0.2, -0.15) is 5.26 Å². The molecule has 1 aliphatic rings. The summed E-state index contributed by atoms with van der Waals surface area (Å²) in [5, 5.41) is 11.9. The number of amides is 1. The van der Waals surface area contributed by atoms with Crippen LogP contribution in [0.4, 0.5) is 11.4 Å². The van der Waals surface area contributed by atoms with Gasteiger partial charge in [0.2, 0.25) is 5.91 Å². The van der Waals surface area contributed by atoms with Gasteiger partial charge in [0.05, 0.1) is 35.1 Å². The topological polar surface area (TPSA) is 65.2 Å². The second-order valence-corrected chi connectivity index (χ2v) is 5.52. The number of carbonyl (C=O) groups is 1. The lowest BCUT2D eigenvalue weighted by atomic mass is 10.0. The molecule has 0 fully saturated rings. The van der Waals surface area contributed by atoms with E-state index in [1.165, 1.54) is 6.08 Å². The Hall–Kier alpha value is -2.45. The van der Waals surface area contributed by atoms with E-state index < -0.39 is 0 Å². The number of halogens is 1. The molecule has 0 aromatic heterocycles. The van der Waals surface area contributed by atoms with Crippen molar-refractivity contribution < 1.29 is 4.79 Å². The number of aliphatic imine (C=N–C) groups is 1. The molecule has 0 atom stereocenters. The van der Waals surface area contributed by atoms with Crippen LogP contribution in [0, 0.1) is 11.3 Å². The van der Waals surface area contributed by atoms with Gasteiger partial charge in [-0.3, -0.25) is 9.79 Å². The van der Waals surface area contributed by atoms with Gasteiger partial charge in [0, 0.05) is 4.47 Å². The maximum Gasteiger partial charge on any atom is 0.230 e. The fraction of sp³-hybridized carbons (Fsp3) is 0.118. The smallest absolute Gasteiger partial charge is 0.230 e. The van der Waals surface area contributed by atoms with Crippen molar-refractivity contribution in [1.82, 2.24) is 0 Å². The molecule has 0 saturated heterocycles. The van der Waals surface area contributed by atoms with Gasteiger partial charge >= 0.3 is 0 Å². The fourth-order valence-electron chi connectivity index (χ4n) is 2.04. The molecule has 0 radical (unpaired) electrons. The molecule has 110 valence electrons. The largest absolute Gasteiger partial charge is 0.324 e. The van der Waals surface area contributed by atoms with Crippen molar-refractivity contribution >= 4 is 38.9 Å². The molecule has 22 heavy (non-hydrogen) atoms. The lowest BCUT2D eigenvalue weighted by Gasteiger charge is -2.04. The van der Waals surface area contributed by atoms with E-state index in [1.807, 2.05) is 37.3 Å². The number of hydrogen-bond donors (Lipinski definition) is 1. The van der Waals surface area contributed by atoms with Crippen LogP contribution < -0.4 is 5.32 Å². The molecular formula is C17H14BrN3O. The molecule has 0 unspecified atom stereocenters. The molecule has 1 N–H and O–H groups in total. The minimum atomic E-state index is -0.138. The molecule has 1 amide bonds. The van der Waals surface area contributed by atoms with Gasteiger partial charge in [0.1, 0.15) is 0 Å². The van der Waals surface area contributed by atoms with E-state index in [9.17, 15) is 4.79 Å². The second-order valence-electron chi connectivity index (χ2n) is 4.60. The highest BCUT2D eigenvalue weighted by Crippen LogP contribution is 2.32. The Balaban J connectivity index is 2.52. The molecule has 0 aliphatic carbocycles. The number of hydrogen-bond acceptors (Lipinski definition) is 3. The number of allylic oxidation sites excluding steroid dienone is 5. The van der Waals surface area contributed by atoms with E-state index in [0.29, 0.717) is 22.7 Å². The predicted octanol–water partition coefficient (Wildman–Crippen LogP) is 4.45. The Morgan fingerprint density at radius 2 is 2.32 bits per heavy atom. The number of rotatable bonds is 3. The summed E-state index contributed by atoms with van der Waals surface area (Å²) >= 11 is 3.38. The van der Waals surface area contributed by atoms with E-state index in [0.717, 1.165) is 10.0 Å². The van der Waals surface area contributed by atoms with Gasteiger partial charge in [0.15, 0.2) is 0 Å². The van der Waals surface area contributed by atoms with E-state index in [1.54, 1.807) is 6.08 Å². The van der Waals surface area contributed by atoms with E-state index in [2.05, 4.69) is 32.8 Å². The minimum absolute atomic E-state index is 0.138. The lowest BCUT2D eigenvalue weighted by Crippen LogP contribution is -2.15. The van der Waals surface area contributed by atoms with Crippen LogP contribution in [0.5, 0.6) is 0 Å². The van der Waals surface area contributed by atoms with Crippen molar-refractivity contribution in [1.29, 1.82) is 5.26 Å². The third-order valence-corrected chi connectivity index (χ3v) is 3.61. The molecule has 0 spiro atoms. The number of carbonyl (C=O) groups excluding carboxylic acids is 1. The third-order valence-electron chi connectivity index (χ3n) is 3.12. The zero-order chi connectivity index (χ0) is 16.1. The first-order valence-electron chi connectivity index (χ1n) is 6.65. The highest BCUT2D eigenvalue weighted by Gasteiger charge is 2.17. The Morgan fingerprint density at radius 1 is 1.55 bits per heavy atom. The fourth-order valence-corrected chi connectivity index (χ4v) is 2.40. The van der Waals surface area contributed by atoms with Gasteiger partial charge in [-0.1, -0.05) is 34.7 Å². The molecule has 1 aromatic carbocycles. The number of benzene rings is 1. The third kappa shape index (κ3) is 3.60. The van der Waals surface area contributed by atoms with Crippen molar-refractivity contribution in [2.24, 2.45) is 4.99 Å². The summed E-state index contributed by atoms with van der Waals surface area (Å²) in [5.74, 6) is -0.138. The number of nitriles is 1. The molecule has 1 heterocycles. The van der Waals surface area contributed by atoms with Crippen molar-refractivity contribution in [2.45, 2.75) is 13.3 Å². The second kappa shape index (κ2) is 7.01. The first-order valence-corrected chi connectivity index (χ1v) is 7.44. The van der Waals surface area contributed by atoms with Gasteiger partial charge in [0.25, 0.3) is 0 Å². The highest BCUT2D eigenvalue weighted by atomic mass is 79.9. The van der Waals surface area contributed by atoms with Crippen molar-refractivity contribution in [3.05, 3.63) is 58.6 Å². The maximum absolute atomic E-state index is 12.1. The number of nitrogens with zero attached hydrogens (tertiary/aromatic N) is 2. The highest BCUT2D eigenvalue weighted by molar-refractivity contribution is 9.10. The van der Waals surface area contributed by atoms with Crippen molar-refractivity contribution in [3.8, 4) is 6.07 Å². The molecule has 5 heteroatoms. The Morgan fingerprint density at radius 3 is 2.95 bits per heavy atom. The predicted molar refractivity (Wildman–Crippen MR) is 92.1 cm³/mol. The zero-order valence-corrected chi connectivity index (χ0v) is 13.6. The van der Waals surface area contributed by atoms with Crippen LogP contribution >= 0.6 is 15.9 Å². The van der Waals surface area contributed by atoms with Gasteiger partial charge in [-0.25, -0.2) is 0 Å². The van der Waals surface area contributed by atoms with Crippen LogP contribution in [-0.4, -0.2) is 11.6 Å². The molecular weight excluding hydrogens is 342 g/mol. The van der Waals surface area contributed by atoms with Crippen LogP contribution in [0.3, 0.4) is 0 Å². The van der Waals surface area contributed by atoms with Crippen LogP contribution in [-0.2, 0) is 4.79 Å². The Labute approximate surface area is 137 Å². The first-order chi connectivity index (χ1) is 10.6. The lowest BCUT2D eigenvalue weighted by molar-refractivity contribution is -0.115. The van der Waals surface area contributed by atoms with Crippen LogP contribution in [0.25, 0.3) is 0 Å². The number of fused-ring (bicyclic) bond motifs is 1. The quantitative estimate of drug-likeness (QED) is 0.643. The van der Waals surface area contributed by atoms with Crippen LogP contribution in [0.15, 0.2) is 63.6 Å². The summed E-state index contributed by atoms with van der Waals surface area (Å²) in [4.78, 5) is 16.7.